The van der Waals surface area contributed by atoms with Crippen molar-refractivity contribution in [3.63, 3.8) is 0 Å². The van der Waals surface area contributed by atoms with Crippen molar-refractivity contribution in [3.8, 4) is 11.5 Å². The lowest BCUT2D eigenvalue weighted by Gasteiger charge is -2.10. The molecule has 0 radical (unpaired) electrons. The first-order valence-corrected chi connectivity index (χ1v) is 8.47. The summed E-state index contributed by atoms with van der Waals surface area (Å²) >= 11 is 3.35. The van der Waals surface area contributed by atoms with Crippen molar-refractivity contribution >= 4 is 27.7 Å². The molecule has 0 saturated heterocycles. The van der Waals surface area contributed by atoms with Crippen LogP contribution in [0.1, 0.15) is 22.8 Å². The van der Waals surface area contributed by atoms with Crippen LogP contribution in [-0.4, -0.2) is 25.5 Å². The Hall–Kier alpha value is -2.54. The molecule has 2 amide bonds. The highest BCUT2D eigenvalue weighted by Crippen LogP contribution is 2.25. The predicted molar refractivity (Wildman–Crippen MR) is 97.6 cm³/mol. The molecule has 0 aliphatic carbocycles. The van der Waals surface area contributed by atoms with E-state index in [1.807, 2.05) is 6.92 Å². The Morgan fingerprint density at radius 1 is 1.08 bits per heavy atom. The lowest BCUT2D eigenvalue weighted by atomic mass is 10.1. The van der Waals surface area contributed by atoms with E-state index in [-0.39, 0.29) is 12.3 Å². The SMILES string of the molecule is CCOc1ccc(C(=O)NNC(=O)Cc2ccc(OC)cc2)cc1Br. The van der Waals surface area contributed by atoms with Crippen molar-refractivity contribution in [1.82, 2.24) is 10.9 Å². The molecule has 2 rings (SSSR count). The van der Waals surface area contributed by atoms with Crippen molar-refractivity contribution in [2.75, 3.05) is 13.7 Å². The van der Waals surface area contributed by atoms with Crippen molar-refractivity contribution < 1.29 is 19.1 Å². The van der Waals surface area contributed by atoms with Gasteiger partial charge in [0.2, 0.25) is 5.91 Å². The van der Waals surface area contributed by atoms with Gasteiger partial charge in [-0.2, -0.15) is 0 Å². The van der Waals surface area contributed by atoms with Gasteiger partial charge in [-0.3, -0.25) is 20.4 Å². The van der Waals surface area contributed by atoms with Crippen molar-refractivity contribution in [3.05, 3.63) is 58.1 Å². The number of methoxy groups -OCH3 is 1. The van der Waals surface area contributed by atoms with Crippen LogP contribution < -0.4 is 20.3 Å². The molecule has 25 heavy (non-hydrogen) atoms. The molecule has 0 fully saturated rings. The van der Waals surface area contributed by atoms with Crippen LogP contribution in [-0.2, 0) is 11.2 Å². The highest BCUT2D eigenvalue weighted by Gasteiger charge is 2.10. The van der Waals surface area contributed by atoms with Crippen LogP contribution in [0.5, 0.6) is 11.5 Å². The van der Waals surface area contributed by atoms with E-state index < -0.39 is 5.91 Å². The molecule has 0 aliphatic heterocycles. The number of hydrogen-bond acceptors (Lipinski definition) is 4. The molecule has 0 atom stereocenters. The lowest BCUT2D eigenvalue weighted by Crippen LogP contribution is -2.42. The van der Waals surface area contributed by atoms with Crippen molar-refractivity contribution in [2.45, 2.75) is 13.3 Å². The Labute approximate surface area is 154 Å². The minimum atomic E-state index is -0.410. The fourth-order valence-electron chi connectivity index (χ4n) is 2.09. The average molecular weight is 407 g/mol. The van der Waals surface area contributed by atoms with E-state index in [1.165, 1.54) is 0 Å². The topological polar surface area (TPSA) is 76.7 Å². The number of nitrogens with one attached hydrogen (secondary N) is 2. The molecule has 0 bridgehead atoms. The van der Waals surface area contributed by atoms with Gasteiger partial charge in [0, 0.05) is 5.56 Å². The van der Waals surface area contributed by atoms with Crippen LogP contribution in [0.2, 0.25) is 0 Å². The van der Waals surface area contributed by atoms with E-state index in [4.69, 9.17) is 9.47 Å². The van der Waals surface area contributed by atoms with E-state index in [0.717, 1.165) is 11.3 Å². The summed E-state index contributed by atoms with van der Waals surface area (Å²) in [4.78, 5) is 24.0. The van der Waals surface area contributed by atoms with E-state index in [2.05, 4.69) is 26.8 Å². The van der Waals surface area contributed by atoms with Gasteiger partial charge in [0.1, 0.15) is 11.5 Å². The van der Waals surface area contributed by atoms with Crippen LogP contribution in [0.15, 0.2) is 46.9 Å². The third kappa shape index (κ3) is 5.49. The number of rotatable bonds is 6. The Morgan fingerprint density at radius 2 is 1.80 bits per heavy atom. The van der Waals surface area contributed by atoms with Crippen LogP contribution in [0.3, 0.4) is 0 Å². The quantitative estimate of drug-likeness (QED) is 0.723. The number of amides is 2. The predicted octanol–water partition coefficient (Wildman–Crippen LogP) is 2.86. The zero-order valence-electron chi connectivity index (χ0n) is 14.0. The summed E-state index contributed by atoms with van der Waals surface area (Å²) in [6.07, 6.45) is 0.150. The third-order valence-corrected chi connectivity index (χ3v) is 3.95. The second-order valence-corrected chi connectivity index (χ2v) is 5.96. The maximum absolute atomic E-state index is 12.1. The molecule has 0 saturated carbocycles. The molecule has 132 valence electrons. The van der Waals surface area contributed by atoms with Gasteiger partial charge in [0.15, 0.2) is 0 Å². The lowest BCUT2D eigenvalue weighted by molar-refractivity contribution is -0.121. The van der Waals surface area contributed by atoms with Crippen LogP contribution in [0.4, 0.5) is 0 Å². The van der Waals surface area contributed by atoms with Gasteiger partial charge >= 0.3 is 0 Å². The van der Waals surface area contributed by atoms with E-state index in [9.17, 15) is 9.59 Å². The maximum Gasteiger partial charge on any atom is 0.269 e. The maximum atomic E-state index is 12.1. The van der Waals surface area contributed by atoms with Crippen molar-refractivity contribution in [1.29, 1.82) is 0 Å². The number of carbonyl (C=O) groups is 2. The molecule has 0 aromatic heterocycles. The fraction of sp³-hybridized carbons (Fsp3) is 0.222. The fourth-order valence-corrected chi connectivity index (χ4v) is 2.58. The summed E-state index contributed by atoms with van der Waals surface area (Å²) in [7, 11) is 1.58. The first kappa shape index (κ1) is 18.8. The van der Waals surface area contributed by atoms with Crippen LogP contribution >= 0.6 is 15.9 Å². The molecular weight excluding hydrogens is 388 g/mol. The molecular formula is C18H19BrN2O4. The summed E-state index contributed by atoms with van der Waals surface area (Å²) in [5.74, 6) is 0.650. The highest BCUT2D eigenvalue weighted by atomic mass is 79.9. The van der Waals surface area contributed by atoms with Gasteiger partial charge in [-0.15, -0.1) is 0 Å². The zero-order chi connectivity index (χ0) is 18.2. The third-order valence-electron chi connectivity index (χ3n) is 3.33. The Balaban J connectivity index is 1.88. The minimum absolute atomic E-state index is 0.150. The average Bonchev–Trinajstić information content (AvgIpc) is 2.62. The molecule has 2 N–H and O–H groups in total. The molecule has 0 heterocycles. The van der Waals surface area contributed by atoms with E-state index in [0.29, 0.717) is 22.4 Å². The summed E-state index contributed by atoms with van der Waals surface area (Å²) in [5, 5.41) is 0. The zero-order valence-corrected chi connectivity index (χ0v) is 15.6. The number of hydrogen-bond donors (Lipinski definition) is 2. The van der Waals surface area contributed by atoms with Crippen LogP contribution in [0, 0.1) is 0 Å². The monoisotopic (exact) mass is 406 g/mol. The second-order valence-electron chi connectivity index (χ2n) is 5.11. The molecule has 6 nitrogen and oxygen atoms in total. The molecule has 0 spiro atoms. The first-order valence-electron chi connectivity index (χ1n) is 7.68. The molecule has 0 unspecified atom stereocenters. The largest absolute Gasteiger partial charge is 0.497 e. The minimum Gasteiger partial charge on any atom is -0.497 e. The highest BCUT2D eigenvalue weighted by molar-refractivity contribution is 9.10. The first-order chi connectivity index (χ1) is 12.0. The molecule has 2 aromatic rings. The molecule has 7 heteroatoms. The summed E-state index contributed by atoms with van der Waals surface area (Å²) in [5.41, 5.74) is 6.02. The van der Waals surface area contributed by atoms with Gasteiger partial charge in [0.05, 0.1) is 24.6 Å². The number of hydrazine groups is 1. The number of halogens is 1. The van der Waals surface area contributed by atoms with Gasteiger partial charge in [-0.05, 0) is 58.7 Å². The Bertz CT molecular complexity index is 747. The standard InChI is InChI=1S/C18H19BrN2O4/c1-3-25-16-9-6-13(11-15(16)19)18(23)21-20-17(22)10-12-4-7-14(24-2)8-5-12/h4-9,11H,3,10H2,1-2H3,(H,20,22)(H,21,23). The van der Waals surface area contributed by atoms with E-state index >= 15 is 0 Å². The van der Waals surface area contributed by atoms with Gasteiger partial charge in [-0.25, -0.2) is 0 Å². The second kappa shape index (κ2) is 9.08. The van der Waals surface area contributed by atoms with Crippen molar-refractivity contribution in [2.24, 2.45) is 0 Å². The van der Waals surface area contributed by atoms with Gasteiger partial charge < -0.3 is 9.47 Å². The summed E-state index contributed by atoms with van der Waals surface area (Å²) in [6.45, 7) is 2.41. The normalized spacial score (nSPS) is 10.0. The van der Waals surface area contributed by atoms with Gasteiger partial charge in [0.25, 0.3) is 5.91 Å². The van der Waals surface area contributed by atoms with Gasteiger partial charge in [-0.1, -0.05) is 12.1 Å². The Kier molecular flexibility index (Phi) is 6.82. The summed E-state index contributed by atoms with van der Waals surface area (Å²) < 4.78 is 11.1. The number of ether oxygens (including phenoxy) is 2. The number of carbonyl (C=O) groups excluding carboxylic acids is 2. The van der Waals surface area contributed by atoms with Crippen LogP contribution in [0.25, 0.3) is 0 Å². The Morgan fingerprint density at radius 3 is 2.40 bits per heavy atom. The number of benzene rings is 2. The summed E-state index contributed by atoms with van der Waals surface area (Å²) in [6, 6.07) is 12.1. The molecule has 2 aromatic carbocycles. The molecule has 0 aliphatic rings. The smallest absolute Gasteiger partial charge is 0.269 e. The van der Waals surface area contributed by atoms with E-state index in [1.54, 1.807) is 49.6 Å².